The van der Waals surface area contributed by atoms with E-state index in [1.54, 1.807) is 24.3 Å². The van der Waals surface area contributed by atoms with E-state index < -0.39 is 10.0 Å². The minimum absolute atomic E-state index is 0.00396. The zero-order valence-electron chi connectivity index (χ0n) is 21.5. The van der Waals surface area contributed by atoms with E-state index >= 15 is 0 Å². The van der Waals surface area contributed by atoms with Crippen LogP contribution in [-0.2, 0) is 10.0 Å². The molecule has 2 unspecified atom stereocenters. The van der Waals surface area contributed by atoms with Crippen LogP contribution in [0.25, 0.3) is 0 Å². The van der Waals surface area contributed by atoms with Crippen molar-refractivity contribution < 1.29 is 17.9 Å². The number of benzene rings is 3. The number of anilines is 1. The predicted molar refractivity (Wildman–Crippen MR) is 144 cm³/mol. The van der Waals surface area contributed by atoms with Crippen molar-refractivity contribution in [1.82, 2.24) is 5.32 Å². The molecule has 36 heavy (non-hydrogen) atoms. The first kappa shape index (κ1) is 26.0. The maximum atomic E-state index is 13.7. The van der Waals surface area contributed by atoms with Crippen LogP contribution >= 0.6 is 0 Å². The second-order valence-corrected chi connectivity index (χ2v) is 11.7. The molecule has 1 saturated heterocycles. The van der Waals surface area contributed by atoms with Gasteiger partial charge in [0.05, 0.1) is 10.6 Å². The Hall–Kier alpha value is -3.03. The first-order valence-electron chi connectivity index (χ1n) is 12.5. The molecule has 0 aliphatic carbocycles. The largest absolute Gasteiger partial charge is 0.489 e. The van der Waals surface area contributed by atoms with Gasteiger partial charge in [-0.25, -0.2) is 8.42 Å². The molecule has 0 bridgehead atoms. The molecule has 3 aromatic rings. The van der Waals surface area contributed by atoms with Crippen molar-refractivity contribution in [2.24, 2.45) is 5.92 Å². The fourth-order valence-corrected chi connectivity index (χ4v) is 6.11. The molecule has 1 heterocycles. The van der Waals surface area contributed by atoms with E-state index in [1.807, 2.05) is 76.2 Å². The Kier molecular flexibility index (Phi) is 8.21. The highest BCUT2D eigenvalue weighted by atomic mass is 32.2. The lowest BCUT2D eigenvalue weighted by Gasteiger charge is -2.30. The lowest BCUT2D eigenvalue weighted by atomic mass is 10.1. The van der Waals surface area contributed by atoms with Crippen molar-refractivity contribution in [3.05, 3.63) is 83.9 Å². The summed E-state index contributed by atoms with van der Waals surface area (Å²) in [5, 5.41) is 3.38. The van der Waals surface area contributed by atoms with Gasteiger partial charge in [0.15, 0.2) is 0 Å². The van der Waals surface area contributed by atoms with Crippen molar-refractivity contribution >= 4 is 15.7 Å². The zero-order chi connectivity index (χ0) is 25.7. The average molecular weight is 509 g/mol. The van der Waals surface area contributed by atoms with E-state index in [0.29, 0.717) is 18.8 Å². The molecule has 0 saturated carbocycles. The summed E-state index contributed by atoms with van der Waals surface area (Å²) in [6.45, 7) is 9.08. The Labute approximate surface area is 215 Å². The Morgan fingerprint density at radius 3 is 2.22 bits per heavy atom. The first-order chi connectivity index (χ1) is 17.2. The standard InChI is InChI=1S/C29H36N2O4S/c1-21(2)20-31(28-16-10-22(3)18-23(28)4)36(32,33)27-14-11-25(12-15-27)34-26-13-17-29(30-19-26)35-24-8-6-5-7-9-24/h5-12,14-16,18,21,26,29-30H,13,17,19-20H2,1-4H3. The van der Waals surface area contributed by atoms with Gasteiger partial charge in [0, 0.05) is 19.5 Å². The molecule has 2 atom stereocenters. The summed E-state index contributed by atoms with van der Waals surface area (Å²) in [6, 6.07) is 22.4. The number of ether oxygens (including phenoxy) is 2. The smallest absolute Gasteiger partial charge is 0.264 e. The third-order valence-corrected chi connectivity index (χ3v) is 8.01. The number of hydrogen-bond donors (Lipinski definition) is 1. The fourth-order valence-electron chi connectivity index (χ4n) is 4.42. The lowest BCUT2D eigenvalue weighted by Crippen LogP contribution is -2.46. The van der Waals surface area contributed by atoms with Crippen LogP contribution in [-0.4, -0.2) is 33.8 Å². The number of nitrogens with zero attached hydrogens (tertiary/aromatic N) is 1. The summed E-state index contributed by atoms with van der Waals surface area (Å²) in [5.41, 5.74) is 2.77. The van der Waals surface area contributed by atoms with Crippen molar-refractivity contribution in [3.8, 4) is 11.5 Å². The van der Waals surface area contributed by atoms with Gasteiger partial charge in [-0.05, 0) is 74.2 Å². The summed E-state index contributed by atoms with van der Waals surface area (Å²) in [7, 11) is -3.72. The van der Waals surface area contributed by atoms with Gasteiger partial charge in [0.2, 0.25) is 0 Å². The summed E-state index contributed by atoms with van der Waals surface area (Å²) < 4.78 is 40.9. The monoisotopic (exact) mass is 508 g/mol. The van der Waals surface area contributed by atoms with Gasteiger partial charge in [-0.1, -0.05) is 49.7 Å². The zero-order valence-corrected chi connectivity index (χ0v) is 22.3. The highest BCUT2D eigenvalue weighted by molar-refractivity contribution is 7.92. The van der Waals surface area contributed by atoms with E-state index in [9.17, 15) is 8.42 Å². The van der Waals surface area contributed by atoms with E-state index in [2.05, 4.69) is 5.32 Å². The molecule has 0 amide bonds. The Bertz CT molecular complexity index is 1240. The molecule has 0 spiro atoms. The number of para-hydroxylation sites is 1. The van der Waals surface area contributed by atoms with Crippen LogP contribution in [0.2, 0.25) is 0 Å². The number of piperidine rings is 1. The number of rotatable bonds is 9. The third-order valence-electron chi connectivity index (χ3n) is 6.21. The summed E-state index contributed by atoms with van der Waals surface area (Å²) in [5.74, 6) is 1.68. The number of hydrogen-bond acceptors (Lipinski definition) is 5. The molecule has 1 N–H and O–H groups in total. The molecule has 1 aliphatic rings. The topological polar surface area (TPSA) is 67.9 Å². The van der Waals surface area contributed by atoms with Gasteiger partial charge < -0.3 is 9.47 Å². The molecule has 1 aliphatic heterocycles. The van der Waals surface area contributed by atoms with Crippen LogP contribution in [0.1, 0.15) is 37.8 Å². The number of aryl methyl sites for hydroxylation is 2. The Morgan fingerprint density at radius 1 is 0.917 bits per heavy atom. The SMILES string of the molecule is Cc1ccc(N(CC(C)C)S(=O)(=O)c2ccc(OC3CCC(Oc4ccccc4)NC3)cc2)c(C)c1. The quantitative estimate of drug-likeness (QED) is 0.402. The van der Waals surface area contributed by atoms with Crippen LogP contribution in [0.3, 0.4) is 0 Å². The Balaban J connectivity index is 1.41. The van der Waals surface area contributed by atoms with E-state index in [-0.39, 0.29) is 23.1 Å². The van der Waals surface area contributed by atoms with Crippen molar-refractivity contribution in [2.75, 3.05) is 17.4 Å². The lowest BCUT2D eigenvalue weighted by molar-refractivity contribution is 0.0704. The molecule has 192 valence electrons. The summed E-state index contributed by atoms with van der Waals surface area (Å²) >= 11 is 0. The molecule has 0 radical (unpaired) electrons. The molecule has 6 nitrogen and oxygen atoms in total. The van der Waals surface area contributed by atoms with Crippen LogP contribution in [0.5, 0.6) is 11.5 Å². The Morgan fingerprint density at radius 2 is 1.61 bits per heavy atom. The van der Waals surface area contributed by atoms with Gasteiger partial charge in [0.1, 0.15) is 23.8 Å². The number of nitrogens with one attached hydrogen (secondary N) is 1. The highest BCUT2D eigenvalue weighted by Crippen LogP contribution is 2.30. The number of sulfonamides is 1. The van der Waals surface area contributed by atoms with Crippen molar-refractivity contribution in [1.29, 1.82) is 0 Å². The molecule has 1 fully saturated rings. The molecular weight excluding hydrogens is 472 g/mol. The third kappa shape index (κ3) is 6.39. The fraction of sp³-hybridized carbons (Fsp3) is 0.379. The maximum absolute atomic E-state index is 13.7. The van der Waals surface area contributed by atoms with Crippen molar-refractivity contribution in [2.45, 2.75) is 57.8 Å². The normalized spacial score (nSPS) is 18.1. The van der Waals surface area contributed by atoms with Crippen LogP contribution in [0.4, 0.5) is 5.69 Å². The van der Waals surface area contributed by atoms with Crippen LogP contribution in [0, 0.1) is 19.8 Å². The van der Waals surface area contributed by atoms with E-state index in [1.165, 1.54) is 4.31 Å². The molecule has 3 aromatic carbocycles. The highest BCUT2D eigenvalue weighted by Gasteiger charge is 2.27. The van der Waals surface area contributed by atoms with Gasteiger partial charge in [-0.2, -0.15) is 0 Å². The van der Waals surface area contributed by atoms with E-state index in [0.717, 1.165) is 35.4 Å². The molecular formula is C29H36N2O4S. The molecule has 4 rings (SSSR count). The van der Waals surface area contributed by atoms with Gasteiger partial charge in [-0.3, -0.25) is 9.62 Å². The minimum atomic E-state index is -3.72. The maximum Gasteiger partial charge on any atom is 0.264 e. The van der Waals surface area contributed by atoms with Gasteiger partial charge in [0.25, 0.3) is 10.0 Å². The van der Waals surface area contributed by atoms with Crippen molar-refractivity contribution in [3.63, 3.8) is 0 Å². The average Bonchev–Trinajstić information content (AvgIpc) is 2.85. The van der Waals surface area contributed by atoms with Gasteiger partial charge >= 0.3 is 0 Å². The van der Waals surface area contributed by atoms with E-state index in [4.69, 9.17) is 9.47 Å². The summed E-state index contributed by atoms with van der Waals surface area (Å²) in [6.07, 6.45) is 1.62. The second-order valence-electron chi connectivity index (χ2n) is 9.84. The first-order valence-corrected chi connectivity index (χ1v) is 14.0. The predicted octanol–water partition coefficient (Wildman–Crippen LogP) is 5.69. The van der Waals surface area contributed by atoms with Gasteiger partial charge in [-0.15, -0.1) is 0 Å². The second kappa shape index (κ2) is 11.4. The van der Waals surface area contributed by atoms with Crippen LogP contribution < -0.4 is 19.1 Å². The van der Waals surface area contributed by atoms with Crippen LogP contribution in [0.15, 0.2) is 77.7 Å². The molecule has 0 aromatic heterocycles. The minimum Gasteiger partial charge on any atom is -0.489 e. The summed E-state index contributed by atoms with van der Waals surface area (Å²) in [4.78, 5) is 0.258. The molecule has 7 heteroatoms.